The number of aryl methyl sites for hydroxylation is 1. The Kier molecular flexibility index (Phi) is 2.49. The van der Waals surface area contributed by atoms with Crippen molar-refractivity contribution in [3.63, 3.8) is 0 Å². The second kappa shape index (κ2) is 4.15. The van der Waals surface area contributed by atoms with Crippen LogP contribution in [0.15, 0.2) is 65.5 Å². The summed E-state index contributed by atoms with van der Waals surface area (Å²) in [6, 6.07) is 19.5. The first kappa shape index (κ1) is 10.8. The van der Waals surface area contributed by atoms with Crippen molar-refractivity contribution in [2.24, 2.45) is 0 Å². The molecule has 0 saturated carbocycles. The lowest BCUT2D eigenvalue weighted by atomic mass is 10.1. The van der Waals surface area contributed by atoms with Crippen molar-refractivity contribution in [2.45, 2.75) is 6.92 Å². The van der Waals surface area contributed by atoms with Gasteiger partial charge in [-0.15, -0.1) is 0 Å². The first-order valence-corrected chi connectivity index (χ1v) is 5.94. The molecular formula is C16H13NO. The average molecular weight is 235 g/mol. The molecule has 0 saturated heterocycles. The van der Waals surface area contributed by atoms with Gasteiger partial charge in [0.1, 0.15) is 0 Å². The summed E-state index contributed by atoms with van der Waals surface area (Å²) in [5.74, 6) is 0. The van der Waals surface area contributed by atoms with Crippen LogP contribution in [0, 0.1) is 6.92 Å². The molecule has 0 aliphatic carbocycles. The third-order valence-electron chi connectivity index (χ3n) is 3.13. The summed E-state index contributed by atoms with van der Waals surface area (Å²) in [5.41, 5.74) is 1.90. The van der Waals surface area contributed by atoms with E-state index < -0.39 is 0 Å². The molecule has 3 rings (SSSR count). The zero-order valence-electron chi connectivity index (χ0n) is 10.1. The summed E-state index contributed by atoms with van der Waals surface area (Å²) in [4.78, 5) is 12.5. The third kappa shape index (κ3) is 1.63. The van der Waals surface area contributed by atoms with E-state index in [1.165, 1.54) is 0 Å². The fraction of sp³-hybridized carbons (Fsp3) is 0.0625. The van der Waals surface area contributed by atoms with Crippen molar-refractivity contribution in [2.75, 3.05) is 0 Å². The van der Waals surface area contributed by atoms with E-state index in [2.05, 4.69) is 0 Å². The van der Waals surface area contributed by atoms with Gasteiger partial charge in [-0.05, 0) is 36.6 Å². The smallest absolute Gasteiger partial charge is 0.263 e. The Bertz CT molecular complexity index is 757. The quantitative estimate of drug-likeness (QED) is 0.634. The van der Waals surface area contributed by atoms with E-state index in [9.17, 15) is 4.79 Å². The van der Waals surface area contributed by atoms with E-state index in [0.717, 1.165) is 22.2 Å². The van der Waals surface area contributed by atoms with Crippen LogP contribution < -0.4 is 5.56 Å². The zero-order valence-corrected chi connectivity index (χ0v) is 10.1. The van der Waals surface area contributed by atoms with Crippen LogP contribution in [0.4, 0.5) is 0 Å². The van der Waals surface area contributed by atoms with Crippen LogP contribution in [0.3, 0.4) is 0 Å². The molecule has 0 aliphatic heterocycles. The number of benzene rings is 2. The van der Waals surface area contributed by atoms with Gasteiger partial charge in [0, 0.05) is 16.8 Å². The topological polar surface area (TPSA) is 22.0 Å². The van der Waals surface area contributed by atoms with Gasteiger partial charge in [0.2, 0.25) is 0 Å². The minimum absolute atomic E-state index is 0.0387. The highest BCUT2D eigenvalue weighted by molar-refractivity contribution is 5.82. The number of pyridine rings is 1. The molecule has 1 heterocycles. The number of aromatic nitrogens is 1. The molecule has 0 atom stereocenters. The van der Waals surface area contributed by atoms with Gasteiger partial charge >= 0.3 is 0 Å². The molecular weight excluding hydrogens is 222 g/mol. The molecule has 1 aromatic heterocycles. The highest BCUT2D eigenvalue weighted by Crippen LogP contribution is 2.14. The van der Waals surface area contributed by atoms with Crippen LogP contribution in [-0.2, 0) is 0 Å². The lowest BCUT2D eigenvalue weighted by Crippen LogP contribution is -2.20. The van der Waals surface area contributed by atoms with Crippen LogP contribution in [0.5, 0.6) is 0 Å². The van der Waals surface area contributed by atoms with Gasteiger partial charge in [0.05, 0.1) is 0 Å². The van der Waals surface area contributed by atoms with Gasteiger partial charge < -0.3 is 0 Å². The summed E-state index contributed by atoms with van der Waals surface area (Å²) in [5, 5.41) is 1.75. The van der Waals surface area contributed by atoms with Gasteiger partial charge in [-0.1, -0.05) is 36.4 Å². The largest absolute Gasteiger partial charge is 0.281 e. The molecule has 0 unspecified atom stereocenters. The molecule has 18 heavy (non-hydrogen) atoms. The van der Waals surface area contributed by atoms with Crippen LogP contribution in [0.1, 0.15) is 5.69 Å². The maximum atomic E-state index is 12.5. The molecule has 0 radical (unpaired) electrons. The molecule has 2 heteroatoms. The summed E-state index contributed by atoms with van der Waals surface area (Å²) in [6.45, 7) is 1.96. The Labute approximate surface area is 105 Å². The normalized spacial score (nSPS) is 10.7. The highest BCUT2D eigenvalue weighted by Gasteiger charge is 2.07. The molecule has 2 aromatic carbocycles. The van der Waals surface area contributed by atoms with E-state index in [1.807, 2.05) is 67.6 Å². The fourth-order valence-electron chi connectivity index (χ4n) is 2.29. The van der Waals surface area contributed by atoms with Crippen molar-refractivity contribution in [1.82, 2.24) is 4.57 Å². The number of nitrogens with zero attached hydrogens (tertiary/aromatic N) is 1. The molecule has 88 valence electrons. The SMILES string of the molecule is Cc1cc2ccccc2c(=O)n1-c1ccccc1. The Hall–Kier alpha value is -2.35. The molecule has 0 spiro atoms. The first-order chi connectivity index (χ1) is 8.77. The van der Waals surface area contributed by atoms with E-state index >= 15 is 0 Å². The molecule has 3 aromatic rings. The summed E-state index contributed by atoms with van der Waals surface area (Å²) in [7, 11) is 0. The zero-order chi connectivity index (χ0) is 12.5. The molecule has 2 nitrogen and oxygen atoms in total. The van der Waals surface area contributed by atoms with E-state index in [0.29, 0.717) is 0 Å². The summed E-state index contributed by atoms with van der Waals surface area (Å²) >= 11 is 0. The van der Waals surface area contributed by atoms with Crippen LogP contribution in [0.25, 0.3) is 16.5 Å². The van der Waals surface area contributed by atoms with Crippen molar-refractivity contribution in [3.05, 3.63) is 76.7 Å². The van der Waals surface area contributed by atoms with E-state index in [1.54, 1.807) is 4.57 Å². The third-order valence-corrected chi connectivity index (χ3v) is 3.13. The molecule has 0 aliphatic rings. The van der Waals surface area contributed by atoms with Gasteiger partial charge in [0.25, 0.3) is 5.56 Å². The van der Waals surface area contributed by atoms with Crippen LogP contribution >= 0.6 is 0 Å². The number of fused-ring (bicyclic) bond motifs is 1. The van der Waals surface area contributed by atoms with Crippen LogP contribution in [0.2, 0.25) is 0 Å². The number of para-hydroxylation sites is 1. The van der Waals surface area contributed by atoms with Crippen molar-refractivity contribution in [1.29, 1.82) is 0 Å². The summed E-state index contributed by atoms with van der Waals surface area (Å²) in [6.07, 6.45) is 0. The van der Waals surface area contributed by atoms with Gasteiger partial charge in [0.15, 0.2) is 0 Å². The Morgan fingerprint density at radius 2 is 1.56 bits per heavy atom. The average Bonchev–Trinajstić information content (AvgIpc) is 2.40. The van der Waals surface area contributed by atoms with Gasteiger partial charge in [-0.25, -0.2) is 0 Å². The molecule has 0 N–H and O–H groups in total. The van der Waals surface area contributed by atoms with Gasteiger partial charge in [-0.3, -0.25) is 9.36 Å². The highest BCUT2D eigenvalue weighted by atomic mass is 16.1. The summed E-state index contributed by atoms with van der Waals surface area (Å²) < 4.78 is 1.75. The number of rotatable bonds is 1. The second-order valence-electron chi connectivity index (χ2n) is 4.35. The molecule has 0 fully saturated rings. The van der Waals surface area contributed by atoms with Crippen LogP contribution in [-0.4, -0.2) is 4.57 Å². The minimum Gasteiger partial charge on any atom is -0.281 e. The lowest BCUT2D eigenvalue weighted by molar-refractivity contribution is 0.951. The maximum absolute atomic E-state index is 12.5. The molecule has 0 amide bonds. The monoisotopic (exact) mass is 235 g/mol. The second-order valence-corrected chi connectivity index (χ2v) is 4.35. The lowest BCUT2D eigenvalue weighted by Gasteiger charge is -2.11. The van der Waals surface area contributed by atoms with Crippen molar-refractivity contribution in [3.8, 4) is 5.69 Å². The first-order valence-electron chi connectivity index (χ1n) is 5.94. The van der Waals surface area contributed by atoms with E-state index in [4.69, 9.17) is 0 Å². The number of hydrogen-bond donors (Lipinski definition) is 0. The Morgan fingerprint density at radius 3 is 2.33 bits per heavy atom. The van der Waals surface area contributed by atoms with Gasteiger partial charge in [-0.2, -0.15) is 0 Å². The number of hydrogen-bond acceptors (Lipinski definition) is 1. The Morgan fingerprint density at radius 1 is 0.889 bits per heavy atom. The predicted molar refractivity (Wildman–Crippen MR) is 74.3 cm³/mol. The maximum Gasteiger partial charge on any atom is 0.263 e. The standard InChI is InChI=1S/C16H13NO/c1-12-11-13-7-5-6-10-15(13)16(18)17(12)14-8-3-2-4-9-14/h2-11H,1H3. The van der Waals surface area contributed by atoms with Crippen molar-refractivity contribution >= 4 is 10.8 Å². The fourth-order valence-corrected chi connectivity index (χ4v) is 2.29. The van der Waals surface area contributed by atoms with E-state index in [-0.39, 0.29) is 5.56 Å². The van der Waals surface area contributed by atoms with Crippen molar-refractivity contribution < 1.29 is 0 Å². The molecule has 0 bridgehead atoms. The Balaban J connectivity index is 2.41. The predicted octanol–water partition coefficient (Wildman–Crippen LogP) is 3.30. The minimum atomic E-state index is 0.0387.